The fourth-order valence-corrected chi connectivity index (χ4v) is 4.60. The van der Waals surface area contributed by atoms with E-state index in [1.54, 1.807) is 25.1 Å². The highest BCUT2D eigenvalue weighted by Gasteiger charge is 2.27. The Bertz CT molecular complexity index is 1190. The molecular weight excluding hydrogens is 504 g/mol. The molecule has 11 heteroatoms. The van der Waals surface area contributed by atoms with Gasteiger partial charge in [0.2, 0.25) is 21.8 Å². The molecule has 0 aromatic heterocycles. The minimum atomic E-state index is -3.83. The molecule has 0 unspecified atom stereocenters. The molecule has 0 saturated heterocycles. The van der Waals surface area contributed by atoms with E-state index in [4.69, 9.17) is 4.74 Å². The molecule has 1 atom stereocenters. The monoisotopic (exact) mass is 539 g/mol. The Morgan fingerprint density at radius 1 is 1.05 bits per heavy atom. The van der Waals surface area contributed by atoms with Gasteiger partial charge in [0, 0.05) is 32.1 Å². The predicted octanol–water partition coefficient (Wildman–Crippen LogP) is 3.71. The second-order valence-electron chi connectivity index (χ2n) is 9.23. The number of ether oxygens (including phenoxy) is 1. The third-order valence-electron chi connectivity index (χ3n) is 5.68. The summed E-state index contributed by atoms with van der Waals surface area (Å²) in [6.07, 6.45) is 0.980. The number of anilines is 1. The Morgan fingerprint density at radius 3 is 2.35 bits per heavy atom. The summed E-state index contributed by atoms with van der Waals surface area (Å²) in [6, 6.07) is 9.17. The molecule has 0 bridgehead atoms. The molecule has 0 aliphatic heterocycles. The molecule has 8 nitrogen and oxygen atoms in total. The van der Waals surface area contributed by atoms with Gasteiger partial charge in [-0.1, -0.05) is 26.0 Å². The molecule has 0 spiro atoms. The Hall–Kier alpha value is -3.21. The molecule has 0 aliphatic carbocycles. The molecule has 37 heavy (non-hydrogen) atoms. The van der Waals surface area contributed by atoms with Crippen LogP contribution in [0.15, 0.2) is 42.5 Å². The summed E-state index contributed by atoms with van der Waals surface area (Å²) in [7, 11) is -2.29. The van der Waals surface area contributed by atoms with E-state index < -0.39 is 27.7 Å². The molecule has 2 rings (SSSR count). The fraction of sp³-hybridized carbons (Fsp3) is 0.462. The smallest absolute Gasteiger partial charge is 0.242 e. The van der Waals surface area contributed by atoms with Crippen LogP contribution in [0.1, 0.15) is 39.2 Å². The predicted molar refractivity (Wildman–Crippen MR) is 139 cm³/mol. The topological polar surface area (TPSA) is 96.0 Å². The number of carbonyl (C=O) groups excluding carboxylic acids is 2. The number of nitrogens with zero attached hydrogens (tertiary/aromatic N) is 2. The molecule has 2 amide bonds. The molecule has 0 saturated carbocycles. The van der Waals surface area contributed by atoms with Crippen LogP contribution >= 0.6 is 0 Å². The molecule has 0 fully saturated rings. The van der Waals surface area contributed by atoms with Gasteiger partial charge < -0.3 is 15.0 Å². The van der Waals surface area contributed by atoms with Crippen LogP contribution in [0.2, 0.25) is 0 Å². The van der Waals surface area contributed by atoms with Crippen LogP contribution in [-0.4, -0.2) is 57.6 Å². The Balaban J connectivity index is 2.20. The van der Waals surface area contributed by atoms with Gasteiger partial charge in [0.15, 0.2) is 11.6 Å². The van der Waals surface area contributed by atoms with Crippen LogP contribution in [0.25, 0.3) is 0 Å². The van der Waals surface area contributed by atoms with Crippen molar-refractivity contribution in [1.82, 2.24) is 10.2 Å². The maximum atomic E-state index is 13.7. The molecule has 1 N–H and O–H groups in total. The maximum Gasteiger partial charge on any atom is 0.242 e. The number of amides is 2. The van der Waals surface area contributed by atoms with Crippen LogP contribution in [0.3, 0.4) is 0 Å². The summed E-state index contributed by atoms with van der Waals surface area (Å²) in [6.45, 7) is 6.04. The zero-order valence-electron chi connectivity index (χ0n) is 21.8. The molecule has 204 valence electrons. The zero-order chi connectivity index (χ0) is 27.8. The van der Waals surface area contributed by atoms with Crippen LogP contribution < -0.4 is 14.4 Å². The van der Waals surface area contributed by atoms with Gasteiger partial charge in [-0.15, -0.1) is 0 Å². The highest BCUT2D eigenvalue weighted by molar-refractivity contribution is 7.92. The second kappa shape index (κ2) is 13.4. The lowest BCUT2D eigenvalue weighted by atomic mass is 10.1. The molecular formula is C26H35F2N3O5S. The number of hydrogen-bond donors (Lipinski definition) is 1. The van der Waals surface area contributed by atoms with Crippen molar-refractivity contribution in [1.29, 1.82) is 0 Å². The van der Waals surface area contributed by atoms with E-state index >= 15 is 0 Å². The lowest BCUT2D eigenvalue weighted by Gasteiger charge is -2.29. The van der Waals surface area contributed by atoms with Crippen molar-refractivity contribution < 1.29 is 31.5 Å². The average molecular weight is 540 g/mol. The van der Waals surface area contributed by atoms with E-state index in [2.05, 4.69) is 5.32 Å². The van der Waals surface area contributed by atoms with Gasteiger partial charge in [0.25, 0.3) is 0 Å². The van der Waals surface area contributed by atoms with Crippen molar-refractivity contribution in [3.63, 3.8) is 0 Å². The van der Waals surface area contributed by atoms with Crippen molar-refractivity contribution >= 4 is 27.5 Å². The van der Waals surface area contributed by atoms with E-state index in [0.717, 1.165) is 34.3 Å². The number of benzene rings is 2. The lowest BCUT2D eigenvalue weighted by molar-refractivity contribution is -0.140. The molecule has 0 heterocycles. The largest absolute Gasteiger partial charge is 0.497 e. The van der Waals surface area contributed by atoms with Crippen molar-refractivity contribution in [3.05, 3.63) is 59.7 Å². The Labute approximate surface area is 217 Å². The minimum absolute atomic E-state index is 0.0384. The number of hydrogen-bond acceptors (Lipinski definition) is 5. The summed E-state index contributed by atoms with van der Waals surface area (Å²) in [5.41, 5.74) is 0.722. The highest BCUT2D eigenvalue weighted by atomic mass is 32.2. The van der Waals surface area contributed by atoms with Gasteiger partial charge in [-0.05, 0) is 49.1 Å². The van der Waals surface area contributed by atoms with E-state index in [1.807, 2.05) is 19.9 Å². The first kappa shape index (κ1) is 30.0. The van der Waals surface area contributed by atoms with Gasteiger partial charge >= 0.3 is 0 Å². The third-order valence-corrected chi connectivity index (χ3v) is 6.88. The van der Waals surface area contributed by atoms with E-state index in [9.17, 15) is 26.8 Å². The minimum Gasteiger partial charge on any atom is -0.497 e. The number of nitrogens with one attached hydrogen (secondary N) is 1. The summed E-state index contributed by atoms with van der Waals surface area (Å²) >= 11 is 0. The van der Waals surface area contributed by atoms with E-state index in [-0.39, 0.29) is 49.4 Å². The first-order chi connectivity index (χ1) is 17.3. The Morgan fingerprint density at radius 2 is 1.76 bits per heavy atom. The lowest BCUT2D eigenvalue weighted by Crippen LogP contribution is -2.48. The van der Waals surface area contributed by atoms with Gasteiger partial charge in [0.1, 0.15) is 11.8 Å². The quantitative estimate of drug-likeness (QED) is 0.419. The SMILES string of the molecule is COc1cccc(CN(C(=O)CCCN(c2ccc(F)c(F)c2)S(C)(=O)=O)[C@H](C)C(=O)NCC(C)C)c1. The van der Waals surface area contributed by atoms with Crippen molar-refractivity contribution in [2.45, 2.75) is 46.2 Å². The fourth-order valence-electron chi connectivity index (χ4n) is 3.65. The molecule has 0 radical (unpaired) electrons. The third kappa shape index (κ3) is 8.99. The number of methoxy groups -OCH3 is 1. The summed E-state index contributed by atoms with van der Waals surface area (Å²) in [5, 5.41) is 2.84. The standard InChI is InChI=1S/C26H35F2N3O5S/c1-18(2)16-29-26(33)19(3)30(17-20-8-6-9-22(14-20)36-4)25(32)10-7-13-31(37(5,34)35)21-11-12-23(27)24(28)15-21/h6,8-9,11-12,14-15,18-19H,7,10,13,16-17H2,1-5H3,(H,29,33)/t19-/m1/s1. The van der Waals surface area contributed by atoms with Gasteiger partial charge in [-0.3, -0.25) is 13.9 Å². The van der Waals surface area contributed by atoms with Gasteiger partial charge in [-0.2, -0.15) is 0 Å². The van der Waals surface area contributed by atoms with Crippen LogP contribution in [-0.2, 0) is 26.2 Å². The number of halogens is 2. The first-order valence-corrected chi connectivity index (χ1v) is 13.8. The van der Waals surface area contributed by atoms with Crippen molar-refractivity contribution in [2.24, 2.45) is 5.92 Å². The molecule has 2 aromatic carbocycles. The molecule has 0 aliphatic rings. The normalized spacial score (nSPS) is 12.2. The second-order valence-corrected chi connectivity index (χ2v) is 11.1. The van der Waals surface area contributed by atoms with Crippen LogP contribution in [0.4, 0.5) is 14.5 Å². The van der Waals surface area contributed by atoms with Crippen molar-refractivity contribution in [2.75, 3.05) is 30.8 Å². The van der Waals surface area contributed by atoms with Crippen molar-refractivity contribution in [3.8, 4) is 5.75 Å². The zero-order valence-corrected chi connectivity index (χ0v) is 22.6. The first-order valence-electron chi connectivity index (χ1n) is 12.0. The van der Waals surface area contributed by atoms with Gasteiger partial charge in [-0.25, -0.2) is 17.2 Å². The summed E-state index contributed by atoms with van der Waals surface area (Å²) in [5.74, 6) is -2.08. The van der Waals surface area contributed by atoms with Gasteiger partial charge in [0.05, 0.1) is 19.1 Å². The molecule has 2 aromatic rings. The van der Waals surface area contributed by atoms with E-state index in [1.165, 1.54) is 12.0 Å². The Kier molecular flexibility index (Phi) is 10.8. The summed E-state index contributed by atoms with van der Waals surface area (Å²) in [4.78, 5) is 27.5. The number of sulfonamides is 1. The maximum absolute atomic E-state index is 13.7. The number of carbonyl (C=O) groups is 2. The van der Waals surface area contributed by atoms with Crippen LogP contribution in [0.5, 0.6) is 5.75 Å². The average Bonchev–Trinajstić information content (AvgIpc) is 2.84. The number of rotatable bonds is 13. The van der Waals surface area contributed by atoms with E-state index in [0.29, 0.717) is 12.3 Å². The summed E-state index contributed by atoms with van der Waals surface area (Å²) < 4.78 is 57.9. The highest BCUT2D eigenvalue weighted by Crippen LogP contribution is 2.22. The van der Waals surface area contributed by atoms with Crippen LogP contribution in [0, 0.1) is 17.6 Å².